The Hall–Kier alpha value is -1.81. The van der Waals surface area contributed by atoms with Gasteiger partial charge in [-0.05, 0) is 75.0 Å². The van der Waals surface area contributed by atoms with Crippen LogP contribution in [0.5, 0.6) is 5.75 Å². The van der Waals surface area contributed by atoms with Crippen molar-refractivity contribution in [2.24, 2.45) is 11.8 Å². The average Bonchev–Trinajstić information content (AvgIpc) is 2.65. The summed E-state index contributed by atoms with van der Waals surface area (Å²) < 4.78 is 5.22. The van der Waals surface area contributed by atoms with Crippen LogP contribution in [0.3, 0.4) is 0 Å². The number of carbonyl (C=O) groups is 1. The molecule has 1 saturated heterocycles. The third-order valence-corrected chi connectivity index (χ3v) is 5.08. The SMILES string of the molecule is COc1ccc(CCN(CC2CCN(C)CC2)C(=O)/C=C/C(C)C)cc1. The predicted molar refractivity (Wildman–Crippen MR) is 107 cm³/mol. The second kappa shape index (κ2) is 10.4. The van der Waals surface area contributed by atoms with Gasteiger partial charge in [-0.25, -0.2) is 0 Å². The third kappa shape index (κ3) is 6.83. The van der Waals surface area contributed by atoms with Gasteiger partial charge in [0.1, 0.15) is 5.75 Å². The van der Waals surface area contributed by atoms with Gasteiger partial charge in [0.15, 0.2) is 0 Å². The molecule has 1 aliphatic heterocycles. The number of rotatable bonds is 8. The molecule has 2 rings (SSSR count). The Labute approximate surface area is 158 Å². The van der Waals surface area contributed by atoms with Crippen molar-refractivity contribution in [1.82, 2.24) is 9.80 Å². The van der Waals surface area contributed by atoms with Crippen molar-refractivity contribution < 1.29 is 9.53 Å². The lowest BCUT2D eigenvalue weighted by atomic mass is 9.96. The molecule has 0 radical (unpaired) electrons. The Balaban J connectivity index is 1.97. The van der Waals surface area contributed by atoms with Crippen LogP contribution in [-0.2, 0) is 11.2 Å². The zero-order chi connectivity index (χ0) is 18.9. The van der Waals surface area contributed by atoms with Crippen molar-refractivity contribution in [3.63, 3.8) is 0 Å². The highest BCUT2D eigenvalue weighted by Gasteiger charge is 2.21. The molecule has 4 heteroatoms. The minimum atomic E-state index is 0.145. The molecule has 0 N–H and O–H groups in total. The van der Waals surface area contributed by atoms with Gasteiger partial charge in [-0.1, -0.05) is 32.1 Å². The topological polar surface area (TPSA) is 32.8 Å². The quantitative estimate of drug-likeness (QED) is 0.666. The third-order valence-electron chi connectivity index (χ3n) is 5.08. The zero-order valence-corrected chi connectivity index (χ0v) is 16.8. The Morgan fingerprint density at radius 1 is 1.27 bits per heavy atom. The number of hydrogen-bond acceptors (Lipinski definition) is 3. The number of hydrogen-bond donors (Lipinski definition) is 0. The zero-order valence-electron chi connectivity index (χ0n) is 16.8. The summed E-state index contributed by atoms with van der Waals surface area (Å²) >= 11 is 0. The van der Waals surface area contributed by atoms with Crippen LogP contribution < -0.4 is 4.74 Å². The van der Waals surface area contributed by atoms with Crippen molar-refractivity contribution >= 4 is 5.91 Å². The van der Waals surface area contributed by atoms with Crippen molar-refractivity contribution in [3.05, 3.63) is 42.0 Å². The van der Waals surface area contributed by atoms with E-state index in [1.54, 1.807) is 13.2 Å². The molecule has 1 aliphatic rings. The number of likely N-dealkylation sites (tertiary alicyclic amines) is 1. The predicted octanol–water partition coefficient (Wildman–Crippen LogP) is 3.62. The maximum absolute atomic E-state index is 12.7. The summed E-state index contributed by atoms with van der Waals surface area (Å²) in [6.07, 6.45) is 6.98. The first kappa shape index (κ1) is 20.5. The number of methoxy groups -OCH3 is 1. The lowest BCUT2D eigenvalue weighted by molar-refractivity contribution is -0.126. The van der Waals surface area contributed by atoms with Crippen LogP contribution in [-0.4, -0.2) is 56.0 Å². The Morgan fingerprint density at radius 2 is 1.92 bits per heavy atom. The largest absolute Gasteiger partial charge is 0.497 e. The van der Waals surface area contributed by atoms with Gasteiger partial charge in [0.2, 0.25) is 5.91 Å². The Kier molecular flexibility index (Phi) is 8.17. The maximum Gasteiger partial charge on any atom is 0.246 e. The summed E-state index contributed by atoms with van der Waals surface area (Å²) in [5, 5.41) is 0. The molecule has 1 amide bonds. The van der Waals surface area contributed by atoms with E-state index in [9.17, 15) is 4.79 Å². The first-order valence-corrected chi connectivity index (χ1v) is 9.76. The molecule has 0 saturated carbocycles. The lowest BCUT2D eigenvalue weighted by Gasteiger charge is -2.33. The minimum absolute atomic E-state index is 0.145. The fourth-order valence-corrected chi connectivity index (χ4v) is 3.28. The number of benzene rings is 1. The number of allylic oxidation sites excluding steroid dienone is 1. The van der Waals surface area contributed by atoms with Crippen molar-refractivity contribution in [2.45, 2.75) is 33.1 Å². The number of amides is 1. The molecule has 144 valence electrons. The molecular formula is C22H34N2O2. The van der Waals surface area contributed by atoms with Crippen LogP contribution in [0.1, 0.15) is 32.3 Å². The van der Waals surface area contributed by atoms with E-state index >= 15 is 0 Å². The van der Waals surface area contributed by atoms with Crippen LogP contribution in [0.4, 0.5) is 0 Å². The van der Waals surface area contributed by atoms with Gasteiger partial charge < -0.3 is 14.5 Å². The molecule has 0 aromatic heterocycles. The van der Waals surface area contributed by atoms with E-state index in [4.69, 9.17) is 4.74 Å². The van der Waals surface area contributed by atoms with E-state index in [1.807, 2.05) is 23.1 Å². The fourth-order valence-electron chi connectivity index (χ4n) is 3.28. The molecule has 1 heterocycles. The van der Waals surface area contributed by atoms with Gasteiger partial charge in [-0.3, -0.25) is 4.79 Å². The fraction of sp³-hybridized carbons (Fsp3) is 0.591. The van der Waals surface area contributed by atoms with Gasteiger partial charge in [0.05, 0.1) is 7.11 Å². The van der Waals surface area contributed by atoms with Crippen molar-refractivity contribution in [3.8, 4) is 5.75 Å². The monoisotopic (exact) mass is 358 g/mol. The van der Waals surface area contributed by atoms with Crippen molar-refractivity contribution in [2.75, 3.05) is 40.3 Å². The van der Waals surface area contributed by atoms with Crippen LogP contribution in [0, 0.1) is 11.8 Å². The summed E-state index contributed by atoms with van der Waals surface area (Å²) in [6.45, 7) is 8.09. The van der Waals surface area contributed by atoms with E-state index in [0.29, 0.717) is 11.8 Å². The maximum atomic E-state index is 12.7. The lowest BCUT2D eigenvalue weighted by Crippen LogP contribution is -2.40. The molecule has 0 bridgehead atoms. The van der Waals surface area contributed by atoms with Gasteiger partial charge >= 0.3 is 0 Å². The van der Waals surface area contributed by atoms with Gasteiger partial charge in [0.25, 0.3) is 0 Å². The average molecular weight is 359 g/mol. The van der Waals surface area contributed by atoms with Crippen LogP contribution >= 0.6 is 0 Å². The standard InChI is InChI=1S/C22H34N2O2/c1-18(2)5-10-22(25)24(17-20-11-14-23(3)15-12-20)16-13-19-6-8-21(26-4)9-7-19/h5-10,18,20H,11-17H2,1-4H3/b10-5+. The highest BCUT2D eigenvalue weighted by molar-refractivity contribution is 5.87. The second-order valence-electron chi connectivity index (χ2n) is 7.73. The molecule has 0 atom stereocenters. The summed E-state index contributed by atoms with van der Waals surface area (Å²) in [4.78, 5) is 17.1. The second-order valence-corrected chi connectivity index (χ2v) is 7.73. The highest BCUT2D eigenvalue weighted by Crippen LogP contribution is 2.18. The molecule has 0 unspecified atom stereocenters. The molecule has 0 aliphatic carbocycles. The number of nitrogens with zero attached hydrogens (tertiary/aromatic N) is 2. The van der Waals surface area contributed by atoms with Crippen LogP contribution in [0.15, 0.2) is 36.4 Å². The van der Waals surface area contributed by atoms with E-state index < -0.39 is 0 Å². The normalized spacial score (nSPS) is 16.3. The number of carbonyl (C=O) groups excluding carboxylic acids is 1. The number of ether oxygens (including phenoxy) is 1. The Bertz CT molecular complexity index is 572. The van der Waals surface area contributed by atoms with E-state index in [0.717, 1.165) is 38.3 Å². The molecule has 4 nitrogen and oxygen atoms in total. The molecule has 0 spiro atoms. The summed E-state index contributed by atoms with van der Waals surface area (Å²) in [7, 11) is 3.85. The summed E-state index contributed by atoms with van der Waals surface area (Å²) in [5.41, 5.74) is 1.24. The van der Waals surface area contributed by atoms with Crippen LogP contribution in [0.25, 0.3) is 0 Å². The first-order valence-electron chi connectivity index (χ1n) is 9.76. The van der Waals surface area contributed by atoms with E-state index in [-0.39, 0.29) is 5.91 Å². The van der Waals surface area contributed by atoms with Gasteiger partial charge in [0, 0.05) is 13.1 Å². The van der Waals surface area contributed by atoms with E-state index in [2.05, 4.69) is 37.9 Å². The summed E-state index contributed by atoms with van der Waals surface area (Å²) in [5.74, 6) is 2.02. The van der Waals surface area contributed by atoms with Gasteiger partial charge in [-0.15, -0.1) is 0 Å². The first-order chi connectivity index (χ1) is 12.5. The molecule has 1 aromatic rings. The summed E-state index contributed by atoms with van der Waals surface area (Å²) in [6, 6.07) is 8.14. The molecule has 1 aromatic carbocycles. The van der Waals surface area contributed by atoms with Crippen LogP contribution in [0.2, 0.25) is 0 Å². The van der Waals surface area contributed by atoms with E-state index in [1.165, 1.54) is 18.4 Å². The molecular weight excluding hydrogens is 324 g/mol. The molecule has 26 heavy (non-hydrogen) atoms. The van der Waals surface area contributed by atoms with Gasteiger partial charge in [-0.2, -0.15) is 0 Å². The smallest absolute Gasteiger partial charge is 0.246 e. The highest BCUT2D eigenvalue weighted by atomic mass is 16.5. The molecule has 1 fully saturated rings. The number of piperidine rings is 1. The Morgan fingerprint density at radius 3 is 2.50 bits per heavy atom. The minimum Gasteiger partial charge on any atom is -0.497 e. The van der Waals surface area contributed by atoms with Crippen molar-refractivity contribution in [1.29, 1.82) is 0 Å².